The number of nitrogens with zero attached hydrogens (tertiary/aromatic N) is 3. The van der Waals surface area contributed by atoms with E-state index in [1.54, 1.807) is 0 Å². The molecule has 2 heterocycles. The maximum atomic E-state index is 4.99. The van der Waals surface area contributed by atoms with Crippen LogP contribution in [0.15, 0.2) is 72.8 Å². The second-order valence-corrected chi connectivity index (χ2v) is 7.65. The van der Waals surface area contributed by atoms with Crippen molar-refractivity contribution in [3.8, 4) is 0 Å². The van der Waals surface area contributed by atoms with Crippen molar-refractivity contribution in [3.05, 3.63) is 89.5 Å². The molecule has 1 aliphatic rings. The maximum Gasteiger partial charge on any atom is 0.229 e. The smallest absolute Gasteiger partial charge is 0.229 e. The summed E-state index contributed by atoms with van der Waals surface area (Å²) in [6, 6.07) is 25.5. The molecule has 1 aliphatic heterocycles. The zero-order valence-corrected chi connectivity index (χ0v) is 16.8. The van der Waals surface area contributed by atoms with Crippen LogP contribution in [0.3, 0.4) is 0 Å². The van der Waals surface area contributed by atoms with Crippen LogP contribution >= 0.6 is 0 Å². The molecule has 0 bridgehead atoms. The number of benzene rings is 3. The Hall–Kier alpha value is -3.40. The summed E-state index contributed by atoms with van der Waals surface area (Å²) in [5.74, 6) is 1.63. The Balaban J connectivity index is 1.61. The maximum absolute atomic E-state index is 4.99. The molecule has 0 saturated carbocycles. The van der Waals surface area contributed by atoms with Crippen molar-refractivity contribution in [2.24, 2.45) is 0 Å². The lowest BCUT2D eigenvalue weighted by molar-refractivity contribution is 0.619. The van der Waals surface area contributed by atoms with Crippen molar-refractivity contribution < 1.29 is 0 Å². The Morgan fingerprint density at radius 2 is 1.66 bits per heavy atom. The van der Waals surface area contributed by atoms with Crippen LogP contribution < -0.4 is 10.2 Å². The molecule has 0 fully saturated rings. The first kappa shape index (κ1) is 17.7. The quantitative estimate of drug-likeness (QED) is 0.487. The molecule has 0 aliphatic carbocycles. The van der Waals surface area contributed by atoms with Crippen molar-refractivity contribution in [1.82, 2.24) is 9.97 Å². The predicted molar refractivity (Wildman–Crippen MR) is 120 cm³/mol. The van der Waals surface area contributed by atoms with Gasteiger partial charge in [-0.2, -0.15) is 4.98 Å². The van der Waals surface area contributed by atoms with Gasteiger partial charge in [-0.3, -0.25) is 0 Å². The lowest BCUT2D eigenvalue weighted by Crippen LogP contribution is -2.34. The summed E-state index contributed by atoms with van der Waals surface area (Å²) in [5, 5.41) is 4.52. The largest absolute Gasteiger partial charge is 0.349 e. The van der Waals surface area contributed by atoms with Gasteiger partial charge in [0.1, 0.15) is 5.82 Å². The van der Waals surface area contributed by atoms with Crippen molar-refractivity contribution in [2.75, 3.05) is 16.8 Å². The molecule has 1 N–H and O–H groups in total. The molecule has 144 valence electrons. The van der Waals surface area contributed by atoms with Gasteiger partial charge < -0.3 is 10.2 Å². The van der Waals surface area contributed by atoms with Crippen LogP contribution in [0.25, 0.3) is 10.9 Å². The number of para-hydroxylation sites is 2. The Kier molecular flexibility index (Phi) is 4.39. The molecule has 4 heteroatoms. The third-order valence-corrected chi connectivity index (χ3v) is 5.84. The van der Waals surface area contributed by atoms with E-state index in [0.717, 1.165) is 35.4 Å². The number of rotatable bonds is 3. The minimum absolute atomic E-state index is 0.268. The number of hydrogen-bond donors (Lipinski definition) is 1. The first-order valence-electron chi connectivity index (χ1n) is 10.1. The van der Waals surface area contributed by atoms with Crippen molar-refractivity contribution >= 4 is 28.4 Å². The van der Waals surface area contributed by atoms with Crippen molar-refractivity contribution in [3.63, 3.8) is 0 Å². The van der Waals surface area contributed by atoms with Gasteiger partial charge in [-0.05, 0) is 55.2 Å². The molecular weight excluding hydrogens is 356 g/mol. The van der Waals surface area contributed by atoms with E-state index in [2.05, 4.69) is 78.7 Å². The molecule has 1 atom stereocenters. The predicted octanol–water partition coefficient (Wildman–Crippen LogP) is 5.81. The van der Waals surface area contributed by atoms with E-state index in [4.69, 9.17) is 9.97 Å². The summed E-state index contributed by atoms with van der Waals surface area (Å²) in [6.45, 7) is 5.31. The molecule has 29 heavy (non-hydrogen) atoms. The van der Waals surface area contributed by atoms with Crippen LogP contribution in [0.2, 0.25) is 0 Å². The van der Waals surface area contributed by atoms with Crippen LogP contribution in [0.4, 0.5) is 17.5 Å². The summed E-state index contributed by atoms with van der Waals surface area (Å²) >= 11 is 0. The SMILES string of the molecule is Cc1ccccc1Nc1nc(N2CCc3ccccc3C2C)c2ccccc2n1. The number of hydrogen-bond acceptors (Lipinski definition) is 4. The molecule has 0 radical (unpaired) electrons. The van der Waals surface area contributed by atoms with Crippen LogP contribution in [0.5, 0.6) is 0 Å². The Labute approximate surface area is 171 Å². The van der Waals surface area contributed by atoms with E-state index in [0.29, 0.717) is 5.95 Å². The third-order valence-electron chi connectivity index (χ3n) is 5.84. The van der Waals surface area contributed by atoms with Crippen LogP contribution in [-0.2, 0) is 6.42 Å². The van der Waals surface area contributed by atoms with Crippen molar-refractivity contribution in [2.45, 2.75) is 26.3 Å². The third kappa shape index (κ3) is 3.21. The van der Waals surface area contributed by atoms with E-state index in [-0.39, 0.29) is 6.04 Å². The Morgan fingerprint density at radius 1 is 0.897 bits per heavy atom. The average molecular weight is 380 g/mol. The highest BCUT2D eigenvalue weighted by Gasteiger charge is 2.26. The van der Waals surface area contributed by atoms with E-state index in [1.807, 2.05) is 18.2 Å². The van der Waals surface area contributed by atoms with Gasteiger partial charge in [-0.1, -0.05) is 54.6 Å². The fraction of sp³-hybridized carbons (Fsp3) is 0.200. The van der Waals surface area contributed by atoms with Gasteiger partial charge in [-0.25, -0.2) is 4.98 Å². The Morgan fingerprint density at radius 3 is 2.55 bits per heavy atom. The molecule has 1 aromatic heterocycles. The monoisotopic (exact) mass is 380 g/mol. The van der Waals surface area contributed by atoms with E-state index in [9.17, 15) is 0 Å². The minimum Gasteiger partial charge on any atom is -0.349 e. The highest BCUT2D eigenvalue weighted by atomic mass is 15.3. The van der Waals surface area contributed by atoms with Gasteiger partial charge in [0.05, 0.1) is 11.6 Å². The van der Waals surface area contributed by atoms with Gasteiger partial charge in [-0.15, -0.1) is 0 Å². The summed E-state index contributed by atoms with van der Waals surface area (Å²) in [4.78, 5) is 12.2. The normalized spacial score (nSPS) is 15.9. The summed E-state index contributed by atoms with van der Waals surface area (Å²) in [7, 11) is 0. The molecule has 3 aromatic carbocycles. The lowest BCUT2D eigenvalue weighted by Gasteiger charge is -2.36. The average Bonchev–Trinajstić information content (AvgIpc) is 2.75. The zero-order valence-electron chi connectivity index (χ0n) is 16.8. The van der Waals surface area contributed by atoms with Crippen LogP contribution in [0.1, 0.15) is 29.7 Å². The number of aryl methyl sites for hydroxylation is 1. The van der Waals surface area contributed by atoms with Crippen LogP contribution in [0, 0.1) is 6.92 Å². The molecule has 0 amide bonds. The fourth-order valence-corrected chi connectivity index (χ4v) is 4.23. The summed E-state index contributed by atoms with van der Waals surface area (Å²) in [6.07, 6.45) is 1.03. The minimum atomic E-state index is 0.268. The molecule has 4 aromatic rings. The summed E-state index contributed by atoms with van der Waals surface area (Å²) in [5.41, 5.74) is 5.99. The van der Waals surface area contributed by atoms with Gasteiger partial charge in [0.2, 0.25) is 5.95 Å². The number of fused-ring (bicyclic) bond motifs is 2. The topological polar surface area (TPSA) is 41.1 Å². The fourth-order valence-electron chi connectivity index (χ4n) is 4.23. The molecule has 0 saturated heterocycles. The summed E-state index contributed by atoms with van der Waals surface area (Å²) < 4.78 is 0. The standard InChI is InChI=1S/C25H24N4/c1-17-9-3-7-13-22(17)26-25-27-23-14-8-6-12-21(23)24(28-25)29-16-15-19-10-4-5-11-20(19)18(29)2/h3-14,18H,15-16H2,1-2H3,(H,26,27,28). The van der Waals surface area contributed by atoms with Crippen LogP contribution in [-0.4, -0.2) is 16.5 Å². The van der Waals surface area contributed by atoms with E-state index >= 15 is 0 Å². The van der Waals surface area contributed by atoms with Gasteiger partial charge in [0, 0.05) is 17.6 Å². The van der Waals surface area contributed by atoms with E-state index in [1.165, 1.54) is 16.7 Å². The second kappa shape index (κ2) is 7.21. The first-order chi connectivity index (χ1) is 14.2. The highest BCUT2D eigenvalue weighted by molar-refractivity contribution is 5.91. The highest BCUT2D eigenvalue weighted by Crippen LogP contribution is 2.36. The molecule has 4 nitrogen and oxygen atoms in total. The Bertz CT molecular complexity index is 1180. The lowest BCUT2D eigenvalue weighted by atomic mass is 9.93. The molecule has 0 spiro atoms. The zero-order chi connectivity index (χ0) is 19.8. The second-order valence-electron chi connectivity index (χ2n) is 7.65. The number of nitrogens with one attached hydrogen (secondary N) is 1. The first-order valence-corrected chi connectivity index (χ1v) is 10.1. The van der Waals surface area contributed by atoms with E-state index < -0.39 is 0 Å². The van der Waals surface area contributed by atoms with Gasteiger partial charge in [0.25, 0.3) is 0 Å². The van der Waals surface area contributed by atoms with Crippen molar-refractivity contribution in [1.29, 1.82) is 0 Å². The molecule has 1 unspecified atom stereocenters. The molecular formula is C25H24N4. The van der Waals surface area contributed by atoms with Gasteiger partial charge >= 0.3 is 0 Å². The number of aromatic nitrogens is 2. The molecule has 5 rings (SSSR count). The van der Waals surface area contributed by atoms with Gasteiger partial charge in [0.15, 0.2) is 0 Å². The number of anilines is 3.